The lowest BCUT2D eigenvalue weighted by Gasteiger charge is -2.09. The van der Waals surface area contributed by atoms with E-state index >= 15 is 0 Å². The normalized spacial score (nSPS) is 13.2. The van der Waals surface area contributed by atoms with Crippen LogP contribution in [-0.2, 0) is 6.54 Å². The monoisotopic (exact) mass is 257 g/mol. The highest BCUT2D eigenvalue weighted by molar-refractivity contribution is 7.99. The molecule has 0 aliphatic rings. The van der Waals surface area contributed by atoms with Crippen LogP contribution in [0.1, 0.15) is 34.1 Å². The Morgan fingerprint density at radius 1 is 1.35 bits per heavy atom. The van der Waals surface area contributed by atoms with Crippen LogP contribution in [0.2, 0.25) is 0 Å². The summed E-state index contributed by atoms with van der Waals surface area (Å²) in [5.74, 6) is 0.679. The summed E-state index contributed by atoms with van der Waals surface area (Å²) in [5, 5.41) is 16.7. The van der Waals surface area contributed by atoms with Crippen LogP contribution >= 0.6 is 11.8 Å². The molecule has 6 heteroatoms. The van der Waals surface area contributed by atoms with E-state index in [0.29, 0.717) is 11.2 Å². The molecule has 0 radical (unpaired) electrons. The van der Waals surface area contributed by atoms with Crippen LogP contribution in [0, 0.1) is 5.92 Å². The Morgan fingerprint density at radius 2 is 2.12 bits per heavy atom. The maximum absolute atomic E-state index is 4.06. The second-order valence-electron chi connectivity index (χ2n) is 4.62. The zero-order chi connectivity index (χ0) is 12.7. The number of rotatable bonds is 8. The number of hydrogen-bond acceptors (Lipinski definition) is 5. The molecule has 1 rings (SSSR count). The molecule has 5 nitrogen and oxygen atoms in total. The first kappa shape index (κ1) is 14.4. The Labute approximate surface area is 108 Å². The summed E-state index contributed by atoms with van der Waals surface area (Å²) in [6.07, 6.45) is 1.13. The predicted molar refractivity (Wildman–Crippen MR) is 71.1 cm³/mol. The van der Waals surface area contributed by atoms with Gasteiger partial charge in [0.1, 0.15) is 0 Å². The number of hydrogen-bond donors (Lipinski definition) is 1. The standard InChI is InChI=1S/C11H23N5S/c1-5-10(4)17-11-13-14-15-16(11)7-6-12-8-9(2)3/h9-10,12H,5-8H2,1-4H3. The molecule has 0 bridgehead atoms. The summed E-state index contributed by atoms with van der Waals surface area (Å²) in [7, 11) is 0. The second kappa shape index (κ2) is 7.66. The highest BCUT2D eigenvalue weighted by Gasteiger charge is 2.10. The highest BCUT2D eigenvalue weighted by Crippen LogP contribution is 2.21. The van der Waals surface area contributed by atoms with Crippen LogP contribution in [0.15, 0.2) is 5.16 Å². The predicted octanol–water partition coefficient (Wildman–Crippen LogP) is 1.81. The van der Waals surface area contributed by atoms with Gasteiger partial charge in [-0.3, -0.25) is 0 Å². The molecule has 0 aliphatic heterocycles. The van der Waals surface area contributed by atoms with Gasteiger partial charge >= 0.3 is 0 Å². The van der Waals surface area contributed by atoms with Crippen LogP contribution in [0.5, 0.6) is 0 Å². The summed E-state index contributed by atoms with van der Waals surface area (Å²) >= 11 is 1.74. The van der Waals surface area contributed by atoms with Crippen LogP contribution < -0.4 is 5.32 Å². The van der Waals surface area contributed by atoms with Crippen molar-refractivity contribution in [3.63, 3.8) is 0 Å². The molecule has 1 heterocycles. The molecule has 0 saturated heterocycles. The van der Waals surface area contributed by atoms with Crippen LogP contribution in [0.25, 0.3) is 0 Å². The molecule has 0 amide bonds. The van der Waals surface area contributed by atoms with Crippen molar-refractivity contribution in [2.24, 2.45) is 5.92 Å². The van der Waals surface area contributed by atoms with E-state index in [-0.39, 0.29) is 0 Å². The van der Waals surface area contributed by atoms with Gasteiger partial charge in [-0.1, -0.05) is 39.5 Å². The van der Waals surface area contributed by atoms with Crippen molar-refractivity contribution in [1.29, 1.82) is 0 Å². The fourth-order valence-electron chi connectivity index (χ4n) is 1.26. The zero-order valence-corrected chi connectivity index (χ0v) is 12.0. The summed E-state index contributed by atoms with van der Waals surface area (Å²) in [6, 6.07) is 0. The van der Waals surface area contributed by atoms with E-state index in [1.54, 1.807) is 11.8 Å². The van der Waals surface area contributed by atoms with Gasteiger partial charge in [-0.25, -0.2) is 4.68 Å². The van der Waals surface area contributed by atoms with E-state index in [2.05, 4.69) is 48.5 Å². The number of nitrogens with zero attached hydrogens (tertiary/aromatic N) is 4. The minimum absolute atomic E-state index is 0.559. The smallest absolute Gasteiger partial charge is 0.209 e. The molecular weight excluding hydrogens is 234 g/mol. The molecular formula is C11H23N5S. The first-order valence-electron chi connectivity index (χ1n) is 6.27. The maximum Gasteiger partial charge on any atom is 0.209 e. The zero-order valence-electron chi connectivity index (χ0n) is 11.2. The van der Waals surface area contributed by atoms with E-state index in [4.69, 9.17) is 0 Å². The van der Waals surface area contributed by atoms with Gasteiger partial charge < -0.3 is 5.32 Å². The SMILES string of the molecule is CCC(C)Sc1nnnn1CCNCC(C)C. The van der Waals surface area contributed by atoms with Crippen molar-refractivity contribution in [1.82, 2.24) is 25.5 Å². The summed E-state index contributed by atoms with van der Waals surface area (Å²) < 4.78 is 1.88. The van der Waals surface area contributed by atoms with Gasteiger partial charge in [0.25, 0.3) is 0 Å². The quantitative estimate of drug-likeness (QED) is 0.568. The van der Waals surface area contributed by atoms with Crippen molar-refractivity contribution in [3.8, 4) is 0 Å². The highest BCUT2D eigenvalue weighted by atomic mass is 32.2. The lowest BCUT2D eigenvalue weighted by Crippen LogP contribution is -2.24. The third kappa shape index (κ3) is 5.50. The molecule has 0 aromatic carbocycles. The Kier molecular flexibility index (Phi) is 6.50. The minimum Gasteiger partial charge on any atom is -0.315 e. The topological polar surface area (TPSA) is 55.6 Å². The molecule has 0 aliphatic carbocycles. The molecule has 1 atom stereocenters. The molecule has 0 fully saturated rings. The molecule has 1 aromatic rings. The van der Waals surface area contributed by atoms with Crippen molar-refractivity contribution in [2.75, 3.05) is 13.1 Å². The molecule has 0 saturated carbocycles. The fraction of sp³-hybridized carbons (Fsp3) is 0.909. The second-order valence-corrected chi connectivity index (χ2v) is 6.02. The number of thioether (sulfide) groups is 1. The van der Waals surface area contributed by atoms with E-state index < -0.39 is 0 Å². The third-order valence-corrected chi connectivity index (χ3v) is 3.67. The van der Waals surface area contributed by atoms with Crippen LogP contribution in [0.3, 0.4) is 0 Å². The average Bonchev–Trinajstić information content (AvgIpc) is 2.71. The van der Waals surface area contributed by atoms with Gasteiger partial charge in [-0.15, -0.1) is 5.10 Å². The lowest BCUT2D eigenvalue weighted by atomic mass is 10.2. The molecule has 1 N–H and O–H groups in total. The van der Waals surface area contributed by atoms with E-state index in [9.17, 15) is 0 Å². The van der Waals surface area contributed by atoms with Gasteiger partial charge in [-0.2, -0.15) is 0 Å². The van der Waals surface area contributed by atoms with Crippen molar-refractivity contribution in [2.45, 2.75) is 51.1 Å². The maximum atomic E-state index is 4.06. The Morgan fingerprint density at radius 3 is 2.76 bits per heavy atom. The Balaban J connectivity index is 2.35. The van der Waals surface area contributed by atoms with E-state index in [1.807, 2.05) is 4.68 Å². The molecule has 1 unspecified atom stereocenters. The average molecular weight is 257 g/mol. The van der Waals surface area contributed by atoms with Crippen molar-refractivity contribution < 1.29 is 0 Å². The van der Waals surface area contributed by atoms with Crippen molar-refractivity contribution >= 4 is 11.8 Å². The Bertz CT molecular complexity index is 313. The largest absolute Gasteiger partial charge is 0.315 e. The fourth-order valence-corrected chi connectivity index (χ4v) is 2.12. The molecule has 1 aromatic heterocycles. The van der Waals surface area contributed by atoms with Gasteiger partial charge in [-0.05, 0) is 29.3 Å². The first-order chi connectivity index (χ1) is 8.13. The number of tetrazole rings is 1. The number of nitrogens with one attached hydrogen (secondary N) is 1. The number of aromatic nitrogens is 4. The van der Waals surface area contributed by atoms with Gasteiger partial charge in [0, 0.05) is 11.8 Å². The summed E-state index contributed by atoms with van der Waals surface area (Å²) in [4.78, 5) is 0. The van der Waals surface area contributed by atoms with E-state index in [0.717, 1.165) is 31.2 Å². The first-order valence-corrected chi connectivity index (χ1v) is 7.15. The summed E-state index contributed by atoms with van der Waals surface area (Å²) in [5.41, 5.74) is 0. The molecule has 98 valence electrons. The van der Waals surface area contributed by atoms with Gasteiger partial charge in [0.15, 0.2) is 0 Å². The van der Waals surface area contributed by atoms with Crippen LogP contribution in [-0.4, -0.2) is 38.5 Å². The van der Waals surface area contributed by atoms with Gasteiger partial charge in [0.05, 0.1) is 6.54 Å². The minimum atomic E-state index is 0.559. The third-order valence-electron chi connectivity index (χ3n) is 2.43. The van der Waals surface area contributed by atoms with Gasteiger partial charge in [0.2, 0.25) is 5.16 Å². The van der Waals surface area contributed by atoms with Crippen molar-refractivity contribution in [3.05, 3.63) is 0 Å². The van der Waals surface area contributed by atoms with Crippen LogP contribution in [0.4, 0.5) is 0 Å². The Hall–Kier alpha value is -0.620. The lowest BCUT2D eigenvalue weighted by molar-refractivity contribution is 0.481. The molecule has 0 spiro atoms. The summed E-state index contributed by atoms with van der Waals surface area (Å²) in [6.45, 7) is 11.6. The van der Waals surface area contributed by atoms with E-state index in [1.165, 1.54) is 0 Å². The molecule has 17 heavy (non-hydrogen) atoms.